The van der Waals surface area contributed by atoms with Crippen LogP contribution < -0.4 is 0 Å². The summed E-state index contributed by atoms with van der Waals surface area (Å²) in [6, 6.07) is 0. The first kappa shape index (κ1) is 12.1. The van der Waals surface area contributed by atoms with Gasteiger partial charge in [0.2, 0.25) is 0 Å². The third-order valence-electron chi connectivity index (χ3n) is 2.11. The minimum Gasteiger partial charge on any atom is -0.268 e. The van der Waals surface area contributed by atoms with E-state index in [0.717, 1.165) is 30.8 Å². The molecule has 0 fully saturated rings. The molecule has 0 spiro atoms. The molecule has 0 amide bonds. The second kappa shape index (κ2) is 5.76. The molecule has 0 radical (unpaired) electrons. The highest BCUT2D eigenvalue weighted by Crippen LogP contribution is 2.19. The number of aryl methyl sites for hydroxylation is 1. The van der Waals surface area contributed by atoms with Crippen molar-refractivity contribution in [2.24, 2.45) is 0 Å². The molecule has 1 rings (SSSR count). The number of hydrogen-bond acceptors (Lipinski definition) is 1. The lowest BCUT2D eigenvalue weighted by molar-refractivity contribution is 0.567. The Morgan fingerprint density at radius 1 is 1.64 bits per heavy atom. The second-order valence-corrected chi connectivity index (χ2v) is 5.45. The van der Waals surface area contributed by atoms with Crippen LogP contribution in [0.5, 0.6) is 0 Å². The minimum absolute atomic E-state index is 0.531. The zero-order chi connectivity index (χ0) is 10.6. The van der Waals surface area contributed by atoms with E-state index < -0.39 is 0 Å². The van der Waals surface area contributed by atoms with Gasteiger partial charge in [-0.05, 0) is 19.3 Å². The first-order valence-corrected chi connectivity index (χ1v) is 6.28. The number of rotatable bonds is 5. The largest absolute Gasteiger partial charge is 0.268 e. The standard InChI is InChI=1S/C10H16BrClN2/c1-3-6-14-10(5-4-8(2)11)9(12)7-13-14/h7-8H,3-6H2,1-2H3. The molecular weight excluding hydrogens is 263 g/mol. The Morgan fingerprint density at radius 2 is 2.36 bits per heavy atom. The normalized spacial score (nSPS) is 13.1. The van der Waals surface area contributed by atoms with Crippen molar-refractivity contribution >= 4 is 27.5 Å². The maximum atomic E-state index is 6.07. The van der Waals surface area contributed by atoms with Crippen LogP contribution >= 0.6 is 27.5 Å². The summed E-state index contributed by atoms with van der Waals surface area (Å²) in [6.07, 6.45) is 4.92. The highest BCUT2D eigenvalue weighted by Gasteiger charge is 2.09. The number of alkyl halides is 1. The third-order valence-corrected chi connectivity index (χ3v) is 2.89. The fraction of sp³-hybridized carbons (Fsp3) is 0.700. The van der Waals surface area contributed by atoms with Gasteiger partial charge in [-0.2, -0.15) is 5.10 Å². The lowest BCUT2D eigenvalue weighted by atomic mass is 10.2. The van der Waals surface area contributed by atoms with Gasteiger partial charge in [-0.1, -0.05) is 41.4 Å². The molecule has 0 aromatic carbocycles. The summed E-state index contributed by atoms with van der Waals surface area (Å²) in [5.74, 6) is 0. The van der Waals surface area contributed by atoms with Crippen LogP contribution in [0.15, 0.2) is 6.20 Å². The smallest absolute Gasteiger partial charge is 0.0817 e. The minimum atomic E-state index is 0.531. The molecule has 0 aliphatic carbocycles. The predicted octanol–water partition coefficient (Wildman–Crippen LogP) is 3.66. The van der Waals surface area contributed by atoms with Gasteiger partial charge < -0.3 is 0 Å². The molecule has 0 saturated carbocycles. The molecule has 0 bridgehead atoms. The molecule has 14 heavy (non-hydrogen) atoms. The van der Waals surface area contributed by atoms with Crippen LogP contribution in [0, 0.1) is 0 Å². The van der Waals surface area contributed by atoms with Crippen LogP contribution in [0.4, 0.5) is 0 Å². The summed E-state index contributed by atoms with van der Waals surface area (Å²) in [7, 11) is 0. The molecule has 2 nitrogen and oxygen atoms in total. The van der Waals surface area contributed by atoms with Crippen LogP contribution in [-0.4, -0.2) is 14.6 Å². The molecule has 1 heterocycles. The van der Waals surface area contributed by atoms with E-state index in [4.69, 9.17) is 11.6 Å². The SMILES string of the molecule is CCCn1ncc(Cl)c1CCC(C)Br. The van der Waals surface area contributed by atoms with E-state index in [2.05, 4.69) is 34.9 Å². The van der Waals surface area contributed by atoms with Crippen molar-refractivity contribution in [3.8, 4) is 0 Å². The van der Waals surface area contributed by atoms with Gasteiger partial charge in [0.25, 0.3) is 0 Å². The molecular formula is C10H16BrClN2. The zero-order valence-corrected chi connectivity index (χ0v) is 11.0. The fourth-order valence-electron chi connectivity index (χ4n) is 1.38. The Labute approximate surface area is 98.8 Å². The van der Waals surface area contributed by atoms with Crippen molar-refractivity contribution in [2.45, 2.75) is 44.5 Å². The number of aromatic nitrogens is 2. The Morgan fingerprint density at radius 3 is 2.93 bits per heavy atom. The Balaban J connectivity index is 2.67. The number of hydrogen-bond donors (Lipinski definition) is 0. The molecule has 1 aromatic heterocycles. The van der Waals surface area contributed by atoms with Crippen LogP contribution in [-0.2, 0) is 13.0 Å². The van der Waals surface area contributed by atoms with E-state index in [9.17, 15) is 0 Å². The summed E-state index contributed by atoms with van der Waals surface area (Å²) in [4.78, 5) is 0.531. The molecule has 80 valence electrons. The lowest BCUT2D eigenvalue weighted by Crippen LogP contribution is -2.06. The first-order chi connectivity index (χ1) is 6.65. The van der Waals surface area contributed by atoms with Crippen molar-refractivity contribution in [2.75, 3.05) is 0 Å². The van der Waals surface area contributed by atoms with Crippen molar-refractivity contribution in [1.82, 2.24) is 9.78 Å². The second-order valence-electron chi connectivity index (χ2n) is 3.48. The van der Waals surface area contributed by atoms with Gasteiger partial charge in [-0.3, -0.25) is 4.68 Å². The van der Waals surface area contributed by atoms with Gasteiger partial charge in [0.15, 0.2) is 0 Å². The van der Waals surface area contributed by atoms with E-state index in [1.807, 2.05) is 4.68 Å². The van der Waals surface area contributed by atoms with Gasteiger partial charge in [0, 0.05) is 11.4 Å². The quantitative estimate of drug-likeness (QED) is 0.752. The van der Waals surface area contributed by atoms with E-state index in [1.165, 1.54) is 5.69 Å². The maximum absolute atomic E-state index is 6.07. The Hall–Kier alpha value is -0.0200. The van der Waals surface area contributed by atoms with E-state index in [1.54, 1.807) is 6.20 Å². The Bertz CT molecular complexity index is 284. The molecule has 1 aromatic rings. The lowest BCUT2D eigenvalue weighted by Gasteiger charge is -2.07. The van der Waals surface area contributed by atoms with E-state index in [0.29, 0.717) is 4.83 Å². The zero-order valence-electron chi connectivity index (χ0n) is 8.63. The van der Waals surface area contributed by atoms with Crippen LogP contribution in [0.2, 0.25) is 5.02 Å². The highest BCUT2D eigenvalue weighted by atomic mass is 79.9. The molecule has 1 atom stereocenters. The number of halogens is 2. The van der Waals surface area contributed by atoms with Crippen LogP contribution in [0.1, 0.15) is 32.4 Å². The molecule has 0 saturated heterocycles. The van der Waals surface area contributed by atoms with E-state index >= 15 is 0 Å². The average Bonchev–Trinajstić information content (AvgIpc) is 2.45. The predicted molar refractivity (Wildman–Crippen MR) is 64.2 cm³/mol. The molecule has 4 heteroatoms. The summed E-state index contributed by atoms with van der Waals surface area (Å²) in [6.45, 7) is 5.25. The van der Waals surface area contributed by atoms with Crippen molar-refractivity contribution in [3.05, 3.63) is 16.9 Å². The fourth-order valence-corrected chi connectivity index (χ4v) is 1.84. The van der Waals surface area contributed by atoms with Gasteiger partial charge in [0.1, 0.15) is 0 Å². The summed E-state index contributed by atoms with van der Waals surface area (Å²) in [5.41, 5.74) is 1.17. The Kier molecular flexibility index (Phi) is 4.96. The third kappa shape index (κ3) is 3.28. The van der Waals surface area contributed by atoms with Crippen molar-refractivity contribution in [3.63, 3.8) is 0 Å². The molecule has 0 aliphatic heterocycles. The van der Waals surface area contributed by atoms with Gasteiger partial charge in [-0.25, -0.2) is 0 Å². The van der Waals surface area contributed by atoms with Crippen LogP contribution in [0.3, 0.4) is 0 Å². The van der Waals surface area contributed by atoms with Crippen LogP contribution in [0.25, 0.3) is 0 Å². The van der Waals surface area contributed by atoms with Crippen molar-refractivity contribution < 1.29 is 0 Å². The summed E-state index contributed by atoms with van der Waals surface area (Å²) >= 11 is 9.60. The van der Waals surface area contributed by atoms with Crippen molar-refractivity contribution in [1.29, 1.82) is 0 Å². The summed E-state index contributed by atoms with van der Waals surface area (Å²) < 4.78 is 2.01. The molecule has 0 N–H and O–H groups in total. The average molecular weight is 280 g/mol. The first-order valence-electron chi connectivity index (χ1n) is 4.99. The summed E-state index contributed by atoms with van der Waals surface area (Å²) in [5, 5.41) is 5.05. The van der Waals surface area contributed by atoms with Gasteiger partial charge >= 0.3 is 0 Å². The van der Waals surface area contributed by atoms with Gasteiger partial charge in [-0.15, -0.1) is 0 Å². The molecule has 1 unspecified atom stereocenters. The van der Waals surface area contributed by atoms with E-state index in [-0.39, 0.29) is 0 Å². The van der Waals surface area contributed by atoms with Gasteiger partial charge in [0.05, 0.1) is 16.9 Å². The monoisotopic (exact) mass is 278 g/mol. The topological polar surface area (TPSA) is 17.8 Å². The molecule has 0 aliphatic rings. The maximum Gasteiger partial charge on any atom is 0.0817 e. The highest BCUT2D eigenvalue weighted by molar-refractivity contribution is 9.09. The number of nitrogens with zero attached hydrogens (tertiary/aromatic N) is 2.